The van der Waals surface area contributed by atoms with Gasteiger partial charge in [-0.05, 0) is 35.4 Å². The van der Waals surface area contributed by atoms with Crippen molar-refractivity contribution in [3.05, 3.63) is 59.7 Å². The van der Waals surface area contributed by atoms with E-state index >= 15 is 0 Å². The molecule has 2 aromatic rings. The highest BCUT2D eigenvalue weighted by atomic mass is 18.2. The van der Waals surface area contributed by atoms with E-state index < -0.39 is 6.67 Å². The van der Waals surface area contributed by atoms with Crippen LogP contribution in [0, 0.1) is 0 Å². The van der Waals surface area contributed by atoms with Crippen LogP contribution in [0.2, 0.25) is 0 Å². The molecule has 0 radical (unpaired) electrons. The fraction of sp³-hybridized carbons (Fsp3) is 0.333. The molecule has 2 aromatic carbocycles. The Kier molecular flexibility index (Phi) is 9.25. The van der Waals surface area contributed by atoms with Gasteiger partial charge in [0.15, 0.2) is 0 Å². The van der Waals surface area contributed by atoms with Gasteiger partial charge in [0, 0.05) is 12.7 Å². The van der Waals surface area contributed by atoms with Gasteiger partial charge in [0.25, 0.3) is 0 Å². The van der Waals surface area contributed by atoms with Crippen molar-refractivity contribution in [3.8, 4) is 5.75 Å². The largest absolute Gasteiger partial charge is 0.491 e. The summed E-state index contributed by atoms with van der Waals surface area (Å²) in [5, 5.41) is 3.10. The van der Waals surface area contributed by atoms with Crippen LogP contribution in [0.1, 0.15) is 11.1 Å². The number of alkyl halides is 1. The molecule has 140 valence electrons. The first kappa shape index (κ1) is 19.9. The third-order valence-corrected chi connectivity index (χ3v) is 3.64. The lowest BCUT2D eigenvalue weighted by Gasteiger charge is -2.07. The summed E-state index contributed by atoms with van der Waals surface area (Å²) in [5.74, 6) is 0.804. The number of benzene rings is 2. The maximum absolute atomic E-state index is 11.8. The Morgan fingerprint density at radius 1 is 0.769 bits per heavy atom. The smallest absolute Gasteiger partial charge is 0.119 e. The molecule has 0 fully saturated rings. The SMILES string of the molecule is CNc1ccc(C=Cc2ccc(OCCOCCOCC[18F])cc2)cc1. The molecule has 0 atom stereocenters. The number of rotatable bonds is 12. The zero-order valence-corrected chi connectivity index (χ0v) is 15.1. The second kappa shape index (κ2) is 12.1. The van der Waals surface area contributed by atoms with Gasteiger partial charge in [0.1, 0.15) is 19.0 Å². The molecule has 0 amide bonds. The highest BCUT2D eigenvalue weighted by molar-refractivity contribution is 5.70. The topological polar surface area (TPSA) is 39.7 Å². The van der Waals surface area contributed by atoms with Crippen LogP contribution in [0.15, 0.2) is 48.5 Å². The Morgan fingerprint density at radius 3 is 1.88 bits per heavy atom. The molecule has 0 saturated heterocycles. The third kappa shape index (κ3) is 7.68. The van der Waals surface area contributed by atoms with Crippen LogP contribution < -0.4 is 10.1 Å². The lowest BCUT2D eigenvalue weighted by molar-refractivity contribution is 0.0325. The fourth-order valence-electron chi connectivity index (χ4n) is 2.22. The third-order valence-electron chi connectivity index (χ3n) is 3.64. The number of halogens is 1. The normalized spacial score (nSPS) is 11.0. The van der Waals surface area contributed by atoms with E-state index in [9.17, 15) is 4.39 Å². The van der Waals surface area contributed by atoms with E-state index in [-0.39, 0.29) is 6.61 Å². The highest BCUT2D eigenvalue weighted by Crippen LogP contribution is 2.15. The van der Waals surface area contributed by atoms with Gasteiger partial charge in [0.05, 0.1) is 26.4 Å². The summed E-state index contributed by atoms with van der Waals surface area (Å²) >= 11 is 0. The molecule has 5 heteroatoms. The second-order valence-electron chi connectivity index (χ2n) is 5.54. The fourth-order valence-corrected chi connectivity index (χ4v) is 2.22. The van der Waals surface area contributed by atoms with E-state index in [1.165, 1.54) is 0 Å². The molecule has 0 heterocycles. The Morgan fingerprint density at radius 2 is 1.31 bits per heavy atom. The zero-order valence-electron chi connectivity index (χ0n) is 15.1. The average molecular weight is 358 g/mol. The maximum Gasteiger partial charge on any atom is 0.119 e. The molecular formula is C21H26FNO3. The predicted molar refractivity (Wildman–Crippen MR) is 104 cm³/mol. The monoisotopic (exact) mass is 358 g/mol. The quantitative estimate of drug-likeness (QED) is 0.454. The number of nitrogens with one attached hydrogen (secondary N) is 1. The first-order valence-electron chi connectivity index (χ1n) is 8.72. The van der Waals surface area contributed by atoms with Crippen molar-refractivity contribution >= 4 is 17.8 Å². The Balaban J connectivity index is 1.68. The predicted octanol–water partition coefficient (Wildman–Crippen LogP) is 4.28. The van der Waals surface area contributed by atoms with Crippen molar-refractivity contribution in [1.82, 2.24) is 0 Å². The number of hydrogen-bond acceptors (Lipinski definition) is 4. The van der Waals surface area contributed by atoms with Crippen molar-refractivity contribution < 1.29 is 18.6 Å². The molecule has 0 aliphatic carbocycles. The van der Waals surface area contributed by atoms with Gasteiger partial charge >= 0.3 is 0 Å². The van der Waals surface area contributed by atoms with E-state index in [0.29, 0.717) is 26.4 Å². The van der Waals surface area contributed by atoms with Gasteiger partial charge in [-0.1, -0.05) is 36.4 Å². The number of anilines is 1. The second-order valence-corrected chi connectivity index (χ2v) is 5.54. The van der Waals surface area contributed by atoms with Gasteiger partial charge < -0.3 is 19.5 Å². The van der Waals surface area contributed by atoms with Crippen LogP contribution in [-0.4, -0.2) is 46.8 Å². The van der Waals surface area contributed by atoms with Gasteiger partial charge in [-0.15, -0.1) is 0 Å². The van der Waals surface area contributed by atoms with Crippen molar-refractivity contribution in [2.75, 3.05) is 52.1 Å². The molecule has 26 heavy (non-hydrogen) atoms. The lowest BCUT2D eigenvalue weighted by Crippen LogP contribution is -2.11. The molecule has 0 aliphatic rings. The highest BCUT2D eigenvalue weighted by Gasteiger charge is 1.95. The van der Waals surface area contributed by atoms with Crippen LogP contribution in [0.4, 0.5) is 10.1 Å². The first-order valence-corrected chi connectivity index (χ1v) is 8.72. The Hall–Kier alpha value is -2.37. The summed E-state index contributed by atoms with van der Waals surface area (Å²) in [6.07, 6.45) is 4.15. The Bertz CT molecular complexity index is 641. The van der Waals surface area contributed by atoms with Crippen molar-refractivity contribution in [3.63, 3.8) is 0 Å². The van der Waals surface area contributed by atoms with E-state index in [1.807, 2.05) is 43.4 Å². The van der Waals surface area contributed by atoms with Crippen LogP contribution in [-0.2, 0) is 9.47 Å². The lowest BCUT2D eigenvalue weighted by atomic mass is 10.1. The van der Waals surface area contributed by atoms with Crippen LogP contribution in [0.25, 0.3) is 12.2 Å². The summed E-state index contributed by atoms with van der Waals surface area (Å²) in [5.41, 5.74) is 3.35. The maximum atomic E-state index is 11.8. The van der Waals surface area contributed by atoms with Crippen LogP contribution in [0.3, 0.4) is 0 Å². The van der Waals surface area contributed by atoms with Crippen molar-refractivity contribution in [2.24, 2.45) is 0 Å². The van der Waals surface area contributed by atoms with E-state index in [1.54, 1.807) is 0 Å². The molecule has 0 unspecified atom stereocenters. The minimum Gasteiger partial charge on any atom is -0.491 e. The molecule has 0 aromatic heterocycles. The molecule has 1 N–H and O–H groups in total. The number of ether oxygens (including phenoxy) is 3. The van der Waals surface area contributed by atoms with Gasteiger partial charge in [-0.2, -0.15) is 0 Å². The summed E-state index contributed by atoms with van der Waals surface area (Å²) in [7, 11) is 1.91. The van der Waals surface area contributed by atoms with Crippen LogP contribution >= 0.6 is 0 Å². The molecule has 0 saturated carbocycles. The molecule has 2 rings (SSSR count). The average Bonchev–Trinajstić information content (AvgIpc) is 2.69. The summed E-state index contributed by atoms with van der Waals surface area (Å²) in [6.45, 7) is 1.46. The van der Waals surface area contributed by atoms with E-state index in [2.05, 4.69) is 29.6 Å². The van der Waals surface area contributed by atoms with E-state index in [0.717, 1.165) is 22.6 Å². The minimum atomic E-state index is -0.461. The van der Waals surface area contributed by atoms with Gasteiger partial charge in [-0.25, -0.2) is 4.39 Å². The summed E-state index contributed by atoms with van der Waals surface area (Å²) in [6, 6.07) is 16.1. The molecular weight excluding hydrogens is 332 g/mol. The first-order chi connectivity index (χ1) is 12.8. The summed E-state index contributed by atoms with van der Waals surface area (Å²) < 4.78 is 27.7. The molecule has 0 bridgehead atoms. The van der Waals surface area contributed by atoms with Gasteiger partial charge in [0.2, 0.25) is 0 Å². The standard InChI is InChI=1S/C21H26FNO3/c1-23-20-8-4-18(5-9-20)2-3-19-6-10-21(11-7-19)26-17-16-25-15-14-24-13-12-22/h2-11,23H,12-17H2,1H3/i22-1. The summed E-state index contributed by atoms with van der Waals surface area (Å²) in [4.78, 5) is 0. The Labute approximate surface area is 154 Å². The molecule has 0 aliphatic heterocycles. The molecule has 4 nitrogen and oxygen atoms in total. The van der Waals surface area contributed by atoms with Crippen molar-refractivity contribution in [2.45, 2.75) is 0 Å². The molecule has 0 spiro atoms. The van der Waals surface area contributed by atoms with E-state index in [4.69, 9.17) is 14.2 Å². The zero-order chi connectivity index (χ0) is 18.5. The number of hydrogen-bond donors (Lipinski definition) is 1. The van der Waals surface area contributed by atoms with Crippen molar-refractivity contribution in [1.29, 1.82) is 0 Å². The van der Waals surface area contributed by atoms with Crippen LogP contribution in [0.5, 0.6) is 5.75 Å². The van der Waals surface area contributed by atoms with Gasteiger partial charge in [-0.3, -0.25) is 0 Å². The minimum absolute atomic E-state index is 0.127.